The van der Waals surface area contributed by atoms with Gasteiger partial charge in [-0.3, -0.25) is 4.79 Å². The molecule has 0 aromatic heterocycles. The van der Waals surface area contributed by atoms with E-state index >= 15 is 0 Å². The van der Waals surface area contributed by atoms with Crippen LogP contribution in [0.5, 0.6) is 5.75 Å². The average Bonchev–Trinajstić information content (AvgIpc) is 2.51. The first-order valence-electron chi connectivity index (χ1n) is 8.19. The third kappa shape index (κ3) is 6.90. The number of para-hydroxylation sites is 1. The Labute approximate surface area is 145 Å². The van der Waals surface area contributed by atoms with Crippen LogP contribution in [-0.4, -0.2) is 50.1 Å². The maximum absolute atomic E-state index is 11.5. The zero-order valence-electron chi connectivity index (χ0n) is 14.1. The van der Waals surface area contributed by atoms with Crippen LogP contribution in [0, 0.1) is 5.92 Å². The zero-order valence-corrected chi connectivity index (χ0v) is 14.9. The molecule has 0 amide bonds. The SMILES string of the molecule is CC(=O)c1ccccc1OCCOCCN1CCCC(C)C1.Cl. The third-order valence-corrected chi connectivity index (χ3v) is 4.04. The van der Waals surface area contributed by atoms with Crippen LogP contribution in [-0.2, 0) is 4.74 Å². The maximum atomic E-state index is 11.5. The Balaban J connectivity index is 0.00000264. The summed E-state index contributed by atoms with van der Waals surface area (Å²) < 4.78 is 11.3. The van der Waals surface area contributed by atoms with Gasteiger partial charge < -0.3 is 14.4 Å². The van der Waals surface area contributed by atoms with Crippen LogP contribution in [0.3, 0.4) is 0 Å². The van der Waals surface area contributed by atoms with E-state index in [9.17, 15) is 4.79 Å². The fraction of sp³-hybridized carbons (Fsp3) is 0.611. The first-order chi connectivity index (χ1) is 10.7. The van der Waals surface area contributed by atoms with Gasteiger partial charge in [-0.25, -0.2) is 0 Å². The van der Waals surface area contributed by atoms with Gasteiger partial charge in [-0.05, 0) is 44.4 Å². The molecule has 0 radical (unpaired) electrons. The number of carbonyl (C=O) groups excluding carboxylic acids is 1. The molecule has 1 atom stereocenters. The van der Waals surface area contributed by atoms with Gasteiger partial charge >= 0.3 is 0 Å². The van der Waals surface area contributed by atoms with E-state index < -0.39 is 0 Å². The molecule has 0 N–H and O–H groups in total. The largest absolute Gasteiger partial charge is 0.490 e. The van der Waals surface area contributed by atoms with Crippen molar-refractivity contribution in [2.24, 2.45) is 5.92 Å². The number of likely N-dealkylation sites (tertiary alicyclic amines) is 1. The molecule has 130 valence electrons. The number of rotatable bonds is 8. The van der Waals surface area contributed by atoms with Gasteiger partial charge in [0.2, 0.25) is 0 Å². The normalized spacial score (nSPS) is 18.3. The molecule has 1 aromatic rings. The molecule has 0 saturated carbocycles. The topological polar surface area (TPSA) is 38.8 Å². The molecule has 1 aromatic carbocycles. The quantitative estimate of drug-likeness (QED) is 0.536. The molecule has 5 heteroatoms. The smallest absolute Gasteiger partial charge is 0.163 e. The lowest BCUT2D eigenvalue weighted by Gasteiger charge is -2.30. The summed E-state index contributed by atoms with van der Waals surface area (Å²) in [6, 6.07) is 7.34. The van der Waals surface area contributed by atoms with E-state index in [2.05, 4.69) is 11.8 Å². The summed E-state index contributed by atoms with van der Waals surface area (Å²) in [4.78, 5) is 14.0. The zero-order chi connectivity index (χ0) is 15.8. The van der Waals surface area contributed by atoms with Gasteiger partial charge in [0.15, 0.2) is 5.78 Å². The van der Waals surface area contributed by atoms with Crippen LogP contribution in [0.4, 0.5) is 0 Å². The fourth-order valence-electron chi connectivity index (χ4n) is 2.88. The second kappa shape index (κ2) is 10.6. The van der Waals surface area contributed by atoms with E-state index in [-0.39, 0.29) is 18.2 Å². The van der Waals surface area contributed by atoms with Crippen LogP contribution in [0.1, 0.15) is 37.0 Å². The molecule has 1 aliphatic heterocycles. The molecule has 1 heterocycles. The van der Waals surface area contributed by atoms with Crippen molar-refractivity contribution in [2.75, 3.05) is 39.5 Å². The van der Waals surface area contributed by atoms with E-state index in [0.29, 0.717) is 24.5 Å². The lowest BCUT2D eigenvalue weighted by molar-refractivity contribution is 0.0685. The highest BCUT2D eigenvalue weighted by Gasteiger charge is 2.15. The predicted octanol–water partition coefficient (Wildman–Crippen LogP) is 3.44. The highest BCUT2D eigenvalue weighted by molar-refractivity contribution is 5.96. The van der Waals surface area contributed by atoms with E-state index in [1.807, 2.05) is 18.2 Å². The highest BCUT2D eigenvalue weighted by Crippen LogP contribution is 2.18. The molecular formula is C18H28ClNO3. The fourth-order valence-corrected chi connectivity index (χ4v) is 2.88. The number of hydrogen-bond donors (Lipinski definition) is 0. The number of Topliss-reactive ketones (excluding diaryl/α,β-unsaturated/α-hetero) is 1. The highest BCUT2D eigenvalue weighted by atomic mass is 35.5. The summed E-state index contributed by atoms with van der Waals surface area (Å²) in [6.45, 7) is 9.00. The molecule has 2 rings (SSSR count). The lowest BCUT2D eigenvalue weighted by atomic mass is 10.0. The van der Waals surface area contributed by atoms with Gasteiger partial charge in [0.1, 0.15) is 12.4 Å². The molecular weight excluding hydrogens is 314 g/mol. The maximum Gasteiger partial charge on any atom is 0.163 e. The Morgan fingerprint density at radius 3 is 2.78 bits per heavy atom. The average molecular weight is 342 g/mol. The summed E-state index contributed by atoms with van der Waals surface area (Å²) in [5.41, 5.74) is 0.629. The monoisotopic (exact) mass is 341 g/mol. The Bertz CT molecular complexity index is 481. The molecule has 23 heavy (non-hydrogen) atoms. The van der Waals surface area contributed by atoms with E-state index in [4.69, 9.17) is 9.47 Å². The third-order valence-electron chi connectivity index (χ3n) is 4.04. The summed E-state index contributed by atoms with van der Waals surface area (Å²) in [7, 11) is 0. The first-order valence-corrected chi connectivity index (χ1v) is 8.19. The Kier molecular flexibility index (Phi) is 9.22. The van der Waals surface area contributed by atoms with Crippen molar-refractivity contribution in [1.82, 2.24) is 4.90 Å². The van der Waals surface area contributed by atoms with Crippen LogP contribution in [0.2, 0.25) is 0 Å². The van der Waals surface area contributed by atoms with Gasteiger partial charge in [-0.1, -0.05) is 19.1 Å². The van der Waals surface area contributed by atoms with Crippen molar-refractivity contribution in [3.63, 3.8) is 0 Å². The molecule has 1 aliphatic rings. The van der Waals surface area contributed by atoms with Crippen LogP contribution < -0.4 is 4.74 Å². The van der Waals surface area contributed by atoms with Gasteiger partial charge in [-0.2, -0.15) is 0 Å². The predicted molar refractivity (Wildman–Crippen MR) is 94.8 cm³/mol. The second-order valence-corrected chi connectivity index (χ2v) is 6.06. The van der Waals surface area contributed by atoms with Gasteiger partial charge in [0.05, 0.1) is 18.8 Å². The molecule has 1 unspecified atom stereocenters. The van der Waals surface area contributed by atoms with E-state index in [0.717, 1.165) is 19.1 Å². The van der Waals surface area contributed by atoms with Crippen LogP contribution in [0.15, 0.2) is 24.3 Å². The number of ketones is 1. The minimum absolute atomic E-state index is 0. The lowest BCUT2D eigenvalue weighted by Crippen LogP contribution is -2.36. The molecule has 0 spiro atoms. The van der Waals surface area contributed by atoms with Crippen molar-refractivity contribution in [2.45, 2.75) is 26.7 Å². The standard InChI is InChI=1S/C18H27NO3.ClH/c1-15-6-5-9-19(14-15)10-11-21-12-13-22-18-8-4-3-7-17(18)16(2)20;/h3-4,7-8,15H,5-6,9-14H2,1-2H3;1H. The Morgan fingerprint density at radius 2 is 2.04 bits per heavy atom. The van der Waals surface area contributed by atoms with Gasteiger partial charge in [-0.15, -0.1) is 12.4 Å². The number of carbonyl (C=O) groups is 1. The Hall–Kier alpha value is -1.10. The molecule has 4 nitrogen and oxygen atoms in total. The number of ether oxygens (including phenoxy) is 2. The van der Waals surface area contributed by atoms with Crippen LogP contribution in [0.25, 0.3) is 0 Å². The second-order valence-electron chi connectivity index (χ2n) is 6.06. The number of benzene rings is 1. The van der Waals surface area contributed by atoms with E-state index in [1.165, 1.54) is 25.9 Å². The molecule has 0 bridgehead atoms. The van der Waals surface area contributed by atoms with Crippen molar-refractivity contribution in [3.8, 4) is 5.75 Å². The van der Waals surface area contributed by atoms with Crippen molar-refractivity contribution in [1.29, 1.82) is 0 Å². The number of nitrogens with zero attached hydrogens (tertiary/aromatic N) is 1. The van der Waals surface area contributed by atoms with Gasteiger partial charge in [0.25, 0.3) is 0 Å². The summed E-state index contributed by atoms with van der Waals surface area (Å²) in [6.07, 6.45) is 2.65. The minimum atomic E-state index is 0. The van der Waals surface area contributed by atoms with Crippen molar-refractivity contribution < 1.29 is 14.3 Å². The molecule has 1 fully saturated rings. The summed E-state index contributed by atoms with van der Waals surface area (Å²) >= 11 is 0. The van der Waals surface area contributed by atoms with Crippen LogP contribution >= 0.6 is 12.4 Å². The molecule has 1 saturated heterocycles. The van der Waals surface area contributed by atoms with Crippen molar-refractivity contribution in [3.05, 3.63) is 29.8 Å². The summed E-state index contributed by atoms with van der Waals surface area (Å²) in [5, 5.41) is 0. The molecule has 0 aliphatic carbocycles. The number of halogens is 1. The summed E-state index contributed by atoms with van der Waals surface area (Å²) in [5.74, 6) is 1.47. The minimum Gasteiger partial charge on any atom is -0.490 e. The van der Waals surface area contributed by atoms with Gasteiger partial charge in [0, 0.05) is 13.1 Å². The van der Waals surface area contributed by atoms with Crippen molar-refractivity contribution >= 4 is 18.2 Å². The van der Waals surface area contributed by atoms with E-state index in [1.54, 1.807) is 13.0 Å². The number of hydrogen-bond acceptors (Lipinski definition) is 4. The Morgan fingerprint density at radius 1 is 1.26 bits per heavy atom. The number of piperidine rings is 1. The first kappa shape index (κ1) is 19.9.